The number of thiocarbonyl (C=S) groups is 1. The lowest BCUT2D eigenvalue weighted by molar-refractivity contribution is -0.165. The van der Waals surface area contributed by atoms with Crippen molar-refractivity contribution < 1.29 is 23.8 Å². The van der Waals surface area contributed by atoms with Crippen LogP contribution in [-0.4, -0.2) is 67.9 Å². The predicted molar refractivity (Wildman–Crippen MR) is 77.6 cm³/mol. The van der Waals surface area contributed by atoms with E-state index in [9.17, 15) is 9.59 Å². The summed E-state index contributed by atoms with van der Waals surface area (Å²) >= 11 is 5.13. The van der Waals surface area contributed by atoms with Gasteiger partial charge in [0, 0.05) is 19.8 Å². The van der Waals surface area contributed by atoms with Crippen LogP contribution in [0.25, 0.3) is 0 Å². The van der Waals surface area contributed by atoms with Gasteiger partial charge in [0.05, 0.1) is 25.2 Å². The van der Waals surface area contributed by atoms with Crippen LogP contribution in [0.2, 0.25) is 0 Å². The maximum absolute atomic E-state index is 12.9. The molecule has 0 saturated carbocycles. The highest BCUT2D eigenvalue weighted by Crippen LogP contribution is 2.34. The molecule has 2 rings (SSSR count). The van der Waals surface area contributed by atoms with Gasteiger partial charge in [-0.25, -0.2) is 4.79 Å². The molecular formula is C13H20N2O5S. The second kappa shape index (κ2) is 6.67. The molecule has 1 unspecified atom stereocenters. The number of hydrogen-bond acceptors (Lipinski definition) is 6. The molecule has 0 aliphatic carbocycles. The van der Waals surface area contributed by atoms with Crippen LogP contribution in [0.15, 0.2) is 0 Å². The summed E-state index contributed by atoms with van der Waals surface area (Å²) in [6.07, 6.45) is 0.193. The number of rotatable bonds is 3. The van der Waals surface area contributed by atoms with Crippen LogP contribution >= 0.6 is 12.2 Å². The van der Waals surface area contributed by atoms with Crippen molar-refractivity contribution in [3.63, 3.8) is 0 Å². The monoisotopic (exact) mass is 316 g/mol. The molecule has 8 heteroatoms. The second-order valence-corrected chi connectivity index (χ2v) is 5.63. The average Bonchev–Trinajstić information content (AvgIpc) is 2.54. The lowest BCUT2D eigenvalue weighted by Gasteiger charge is -2.41. The molecule has 2 fully saturated rings. The quantitative estimate of drug-likeness (QED) is 0.553. The average molecular weight is 316 g/mol. The van der Waals surface area contributed by atoms with Crippen LogP contribution in [0.4, 0.5) is 0 Å². The van der Waals surface area contributed by atoms with E-state index in [4.69, 9.17) is 27.4 Å². The van der Waals surface area contributed by atoms with E-state index in [2.05, 4.69) is 4.74 Å². The molecule has 0 aromatic heterocycles. The predicted octanol–water partition coefficient (Wildman–Crippen LogP) is -0.530. The Bertz CT molecular complexity index is 436. The molecule has 0 aromatic rings. The van der Waals surface area contributed by atoms with E-state index in [1.54, 1.807) is 4.90 Å². The Morgan fingerprint density at radius 2 is 2.00 bits per heavy atom. The van der Waals surface area contributed by atoms with Crippen molar-refractivity contribution in [3.05, 3.63) is 0 Å². The van der Waals surface area contributed by atoms with Gasteiger partial charge in [0.2, 0.25) is 5.91 Å². The number of carbonyl (C=O) groups is 2. The molecule has 2 heterocycles. The van der Waals surface area contributed by atoms with Gasteiger partial charge in [-0.2, -0.15) is 0 Å². The Balaban J connectivity index is 2.13. The minimum atomic E-state index is -0.869. The Hall–Kier alpha value is -1.25. The number of amides is 1. The topological polar surface area (TPSA) is 91.1 Å². The first kappa shape index (κ1) is 16.1. The summed E-state index contributed by atoms with van der Waals surface area (Å²) in [5.41, 5.74) is 4.97. The number of nitrogens with two attached hydrogens (primary N) is 1. The molecule has 0 radical (unpaired) electrons. The fraction of sp³-hybridized carbons (Fsp3) is 0.769. The number of ether oxygens (including phenoxy) is 3. The zero-order valence-electron chi connectivity index (χ0n) is 12.0. The summed E-state index contributed by atoms with van der Waals surface area (Å²) in [4.78, 5) is 26.2. The molecular weight excluding hydrogens is 296 g/mol. The van der Waals surface area contributed by atoms with Crippen molar-refractivity contribution in [3.8, 4) is 0 Å². The second-order valence-electron chi connectivity index (χ2n) is 5.19. The first-order valence-corrected chi connectivity index (χ1v) is 7.28. The molecule has 2 N–H and O–H groups in total. The summed E-state index contributed by atoms with van der Waals surface area (Å²) in [6, 6.07) is 0. The van der Waals surface area contributed by atoms with Gasteiger partial charge in [0.25, 0.3) is 0 Å². The number of hydrogen-bond donors (Lipinski definition) is 1. The number of nitrogens with zero attached hydrogens (tertiary/aromatic N) is 1. The highest BCUT2D eigenvalue weighted by atomic mass is 32.1. The Kier molecular flexibility index (Phi) is 5.13. The van der Waals surface area contributed by atoms with E-state index in [-0.39, 0.29) is 24.0 Å². The lowest BCUT2D eigenvalue weighted by atomic mass is 9.78. The molecule has 2 aliphatic rings. The van der Waals surface area contributed by atoms with Gasteiger partial charge in [-0.1, -0.05) is 12.2 Å². The standard InChI is InChI=1S/C13H20N2O5S/c1-18-10(16)9-8-15(4-7-20-9)12(17)13(11(14)21)2-5-19-6-3-13/h9H,2-8H2,1H3,(H2,14,21). The van der Waals surface area contributed by atoms with E-state index in [0.29, 0.717) is 32.6 Å². The molecule has 1 amide bonds. The molecule has 0 spiro atoms. The Morgan fingerprint density at radius 3 is 2.57 bits per heavy atom. The van der Waals surface area contributed by atoms with Crippen LogP contribution in [0.1, 0.15) is 12.8 Å². The molecule has 21 heavy (non-hydrogen) atoms. The van der Waals surface area contributed by atoms with E-state index >= 15 is 0 Å². The summed E-state index contributed by atoms with van der Waals surface area (Å²) in [5.74, 6) is -0.626. The van der Waals surface area contributed by atoms with Crippen LogP contribution in [0.5, 0.6) is 0 Å². The van der Waals surface area contributed by atoms with Crippen LogP contribution in [-0.2, 0) is 23.8 Å². The summed E-state index contributed by atoms with van der Waals surface area (Å²) < 4.78 is 15.3. The summed E-state index contributed by atoms with van der Waals surface area (Å²) in [5, 5.41) is 0. The van der Waals surface area contributed by atoms with E-state index in [0.717, 1.165) is 0 Å². The largest absolute Gasteiger partial charge is 0.467 e. The van der Waals surface area contributed by atoms with Gasteiger partial charge in [-0.15, -0.1) is 0 Å². The van der Waals surface area contributed by atoms with Crippen LogP contribution in [0.3, 0.4) is 0 Å². The molecule has 2 aliphatic heterocycles. The minimum Gasteiger partial charge on any atom is -0.467 e. The fourth-order valence-corrected chi connectivity index (χ4v) is 2.99. The third-order valence-electron chi connectivity index (χ3n) is 4.05. The molecule has 1 atom stereocenters. The van der Waals surface area contributed by atoms with E-state index < -0.39 is 17.5 Å². The Morgan fingerprint density at radius 1 is 1.33 bits per heavy atom. The third-order valence-corrected chi connectivity index (χ3v) is 4.44. The normalized spacial score (nSPS) is 25.2. The highest BCUT2D eigenvalue weighted by Gasteiger charge is 2.46. The zero-order valence-corrected chi connectivity index (χ0v) is 12.8. The van der Waals surface area contributed by atoms with Crippen molar-refractivity contribution in [2.45, 2.75) is 18.9 Å². The van der Waals surface area contributed by atoms with Crippen molar-refractivity contribution in [1.82, 2.24) is 4.90 Å². The van der Waals surface area contributed by atoms with Crippen molar-refractivity contribution in [2.75, 3.05) is 40.0 Å². The third kappa shape index (κ3) is 3.17. The molecule has 2 saturated heterocycles. The molecule has 0 bridgehead atoms. The number of morpholine rings is 1. The van der Waals surface area contributed by atoms with Crippen molar-refractivity contribution in [2.24, 2.45) is 11.1 Å². The highest BCUT2D eigenvalue weighted by molar-refractivity contribution is 7.80. The molecule has 7 nitrogen and oxygen atoms in total. The van der Waals surface area contributed by atoms with E-state index in [1.807, 2.05) is 0 Å². The lowest BCUT2D eigenvalue weighted by Crippen LogP contribution is -2.57. The van der Waals surface area contributed by atoms with Gasteiger partial charge >= 0.3 is 5.97 Å². The number of carbonyl (C=O) groups excluding carboxylic acids is 2. The first-order chi connectivity index (χ1) is 10.0. The first-order valence-electron chi connectivity index (χ1n) is 6.88. The Labute approximate surface area is 128 Å². The fourth-order valence-electron chi connectivity index (χ4n) is 2.70. The maximum Gasteiger partial charge on any atom is 0.336 e. The minimum absolute atomic E-state index is 0.143. The SMILES string of the molecule is COC(=O)C1CN(C(=O)C2(C(N)=S)CCOCC2)CCO1. The number of esters is 1. The van der Waals surface area contributed by atoms with Gasteiger partial charge < -0.3 is 24.8 Å². The summed E-state index contributed by atoms with van der Waals surface area (Å²) in [7, 11) is 1.29. The zero-order chi connectivity index (χ0) is 15.5. The van der Waals surface area contributed by atoms with Crippen LogP contribution in [0, 0.1) is 5.41 Å². The van der Waals surface area contributed by atoms with Crippen LogP contribution < -0.4 is 5.73 Å². The molecule has 118 valence electrons. The van der Waals surface area contributed by atoms with Gasteiger partial charge in [-0.3, -0.25) is 4.79 Å². The van der Waals surface area contributed by atoms with Crippen molar-refractivity contribution in [1.29, 1.82) is 0 Å². The maximum atomic E-state index is 12.9. The van der Waals surface area contributed by atoms with E-state index in [1.165, 1.54) is 7.11 Å². The van der Waals surface area contributed by atoms with Gasteiger partial charge in [-0.05, 0) is 12.8 Å². The van der Waals surface area contributed by atoms with Gasteiger partial charge in [0.15, 0.2) is 6.10 Å². The smallest absolute Gasteiger partial charge is 0.336 e. The van der Waals surface area contributed by atoms with Gasteiger partial charge in [0.1, 0.15) is 5.41 Å². The summed E-state index contributed by atoms with van der Waals surface area (Å²) in [6.45, 7) is 1.77. The molecule has 0 aromatic carbocycles. The van der Waals surface area contributed by atoms with Crippen molar-refractivity contribution >= 4 is 29.1 Å². The number of methoxy groups -OCH3 is 1.